The van der Waals surface area contributed by atoms with E-state index in [4.69, 9.17) is 10.00 Å². The fraction of sp³-hybridized carbons (Fsp3) is 0.240. The van der Waals surface area contributed by atoms with E-state index in [9.17, 15) is 18.0 Å². The van der Waals surface area contributed by atoms with E-state index < -0.39 is 17.7 Å². The normalized spacial score (nSPS) is 12.1. The van der Waals surface area contributed by atoms with Crippen molar-refractivity contribution < 1.29 is 25.6 Å². The van der Waals surface area contributed by atoms with Gasteiger partial charge in [-0.2, -0.15) is 18.4 Å². The molecule has 0 saturated heterocycles. The third-order valence-electron chi connectivity index (χ3n) is 5.01. The largest absolute Gasteiger partial charge is 0.416 e. The molecule has 0 aliphatic carbocycles. The van der Waals surface area contributed by atoms with Crippen LogP contribution in [0.1, 0.15) is 32.4 Å². The van der Waals surface area contributed by atoms with Crippen LogP contribution in [-0.4, -0.2) is 10.9 Å². The minimum absolute atomic E-state index is 0. The molecule has 0 spiro atoms. The molecule has 2 N–H and O–H groups in total. The molecule has 3 rings (SSSR count). The topological polar surface area (TPSA) is 77.9 Å². The summed E-state index contributed by atoms with van der Waals surface area (Å²) < 4.78 is 43.6. The van der Waals surface area contributed by atoms with Crippen molar-refractivity contribution in [1.29, 1.82) is 5.26 Å². The number of ether oxygens (including phenoxy) is 1. The van der Waals surface area contributed by atoms with Gasteiger partial charge in [-0.15, -0.1) is 5.73 Å². The number of halogens is 3. The van der Waals surface area contributed by atoms with Gasteiger partial charge in [-0.3, -0.25) is 4.79 Å². The van der Waals surface area contributed by atoms with Crippen molar-refractivity contribution in [3.8, 4) is 6.07 Å². The van der Waals surface area contributed by atoms with Gasteiger partial charge in [0.2, 0.25) is 5.91 Å². The average molecular weight is 457 g/mol. The summed E-state index contributed by atoms with van der Waals surface area (Å²) in [7, 11) is 0. The van der Waals surface area contributed by atoms with Crippen LogP contribution in [0.3, 0.4) is 0 Å². The number of allylic oxidation sites excluding steroid dienone is 1. The Hall–Kier alpha value is -3.79. The maximum Gasteiger partial charge on any atom is 0.416 e. The van der Waals surface area contributed by atoms with Crippen LogP contribution >= 0.6 is 0 Å². The van der Waals surface area contributed by atoms with Crippen LogP contribution in [0.25, 0.3) is 10.9 Å². The van der Waals surface area contributed by atoms with Gasteiger partial charge in [0.25, 0.3) is 0 Å². The SMILES string of the molecule is C=C=C[C@@H](C#N)CCC(=O)Nc1c[nH]c2ccc(COCc3ccc(C(F)(F)F)cc3)cc12.[HH].[HH]. The third-order valence-corrected chi connectivity index (χ3v) is 5.01. The predicted molar refractivity (Wildman–Crippen MR) is 123 cm³/mol. The molecule has 3 aromatic rings. The molecule has 1 heterocycles. The predicted octanol–water partition coefficient (Wildman–Crippen LogP) is 6.60. The summed E-state index contributed by atoms with van der Waals surface area (Å²) >= 11 is 0. The monoisotopic (exact) mass is 457 g/mol. The first kappa shape index (κ1) is 23.9. The molecule has 0 radical (unpaired) electrons. The van der Waals surface area contributed by atoms with Gasteiger partial charge in [0, 0.05) is 26.4 Å². The van der Waals surface area contributed by atoms with Crippen molar-refractivity contribution in [1.82, 2.24) is 4.98 Å². The third kappa shape index (κ3) is 6.59. The lowest BCUT2D eigenvalue weighted by atomic mass is 10.0. The molecule has 0 fully saturated rings. The number of hydrogen-bond donors (Lipinski definition) is 2. The second-order valence-electron chi connectivity index (χ2n) is 7.46. The van der Waals surface area contributed by atoms with Crippen molar-refractivity contribution in [2.24, 2.45) is 5.92 Å². The molecular weight excluding hydrogens is 431 g/mol. The zero-order chi connectivity index (χ0) is 23.8. The molecule has 0 saturated carbocycles. The number of nitrogens with one attached hydrogen (secondary N) is 2. The van der Waals surface area contributed by atoms with E-state index in [2.05, 4.69) is 28.7 Å². The van der Waals surface area contributed by atoms with Gasteiger partial charge in [-0.1, -0.05) is 24.8 Å². The first-order valence-corrected chi connectivity index (χ1v) is 10.2. The first-order valence-electron chi connectivity index (χ1n) is 10.2. The number of H-pyrrole nitrogens is 1. The van der Waals surface area contributed by atoms with Crippen LogP contribution in [0.4, 0.5) is 18.9 Å². The maximum absolute atomic E-state index is 12.7. The zero-order valence-corrected chi connectivity index (χ0v) is 17.7. The summed E-state index contributed by atoms with van der Waals surface area (Å²) in [6, 6.07) is 12.6. The van der Waals surface area contributed by atoms with E-state index in [1.54, 1.807) is 6.20 Å². The molecule has 1 atom stereocenters. The fourth-order valence-electron chi connectivity index (χ4n) is 3.26. The van der Waals surface area contributed by atoms with Gasteiger partial charge in [0.05, 0.1) is 36.5 Å². The van der Waals surface area contributed by atoms with Crippen molar-refractivity contribution >= 4 is 22.5 Å². The number of rotatable bonds is 9. The van der Waals surface area contributed by atoms with Crippen molar-refractivity contribution in [2.75, 3.05) is 5.32 Å². The number of fused-ring (bicyclic) bond motifs is 1. The smallest absolute Gasteiger partial charge is 0.372 e. The summed E-state index contributed by atoms with van der Waals surface area (Å²) in [6.45, 7) is 3.87. The minimum Gasteiger partial charge on any atom is -0.372 e. The zero-order valence-electron chi connectivity index (χ0n) is 17.7. The molecule has 8 heteroatoms. The van der Waals surface area contributed by atoms with Crippen LogP contribution in [0.15, 0.2) is 67.0 Å². The maximum atomic E-state index is 12.7. The quantitative estimate of drug-likeness (QED) is 0.356. The number of nitriles is 1. The Labute approximate surface area is 192 Å². The summed E-state index contributed by atoms with van der Waals surface area (Å²) in [5.74, 6) is -0.623. The second-order valence-corrected chi connectivity index (χ2v) is 7.46. The molecule has 0 aliphatic rings. The van der Waals surface area contributed by atoms with E-state index in [1.165, 1.54) is 18.2 Å². The number of aromatic nitrogens is 1. The van der Waals surface area contributed by atoms with Gasteiger partial charge in [0.1, 0.15) is 0 Å². The number of anilines is 1. The number of hydrogen-bond acceptors (Lipinski definition) is 3. The molecule has 2 aromatic carbocycles. The highest BCUT2D eigenvalue weighted by Crippen LogP contribution is 2.29. The van der Waals surface area contributed by atoms with Crippen LogP contribution in [-0.2, 0) is 28.9 Å². The fourth-order valence-corrected chi connectivity index (χ4v) is 3.26. The molecule has 5 nitrogen and oxygen atoms in total. The lowest BCUT2D eigenvalue weighted by Gasteiger charge is -2.09. The molecular formula is C25H26F3N3O2. The van der Waals surface area contributed by atoms with Crippen molar-refractivity contribution in [3.63, 3.8) is 0 Å². The summed E-state index contributed by atoms with van der Waals surface area (Å²) in [5.41, 5.74) is 4.81. The number of aromatic amines is 1. The van der Waals surface area contributed by atoms with E-state index in [-0.39, 0.29) is 28.4 Å². The highest BCUT2D eigenvalue weighted by Gasteiger charge is 2.29. The summed E-state index contributed by atoms with van der Waals surface area (Å²) in [6.07, 6.45) is -0.579. The van der Waals surface area contributed by atoms with Crippen molar-refractivity contribution in [2.45, 2.75) is 32.2 Å². The molecule has 33 heavy (non-hydrogen) atoms. The number of carbonyl (C=O) groups is 1. The lowest BCUT2D eigenvalue weighted by molar-refractivity contribution is -0.137. The second kappa shape index (κ2) is 10.7. The number of benzene rings is 2. The molecule has 1 amide bonds. The van der Waals surface area contributed by atoms with Gasteiger partial charge in [-0.05, 0) is 47.9 Å². The Morgan fingerprint density at radius 3 is 2.58 bits per heavy atom. The summed E-state index contributed by atoms with van der Waals surface area (Å²) in [5, 5.41) is 12.7. The number of carbonyl (C=O) groups excluding carboxylic acids is 1. The summed E-state index contributed by atoms with van der Waals surface area (Å²) in [4.78, 5) is 15.4. The van der Waals surface area contributed by atoms with E-state index in [0.29, 0.717) is 17.7 Å². The Morgan fingerprint density at radius 2 is 1.91 bits per heavy atom. The Kier molecular flexibility index (Phi) is 7.73. The molecule has 174 valence electrons. The lowest BCUT2D eigenvalue weighted by Crippen LogP contribution is -2.12. The molecule has 1 aromatic heterocycles. The van der Waals surface area contributed by atoms with E-state index in [1.807, 2.05) is 18.2 Å². The van der Waals surface area contributed by atoms with Gasteiger partial charge >= 0.3 is 6.18 Å². The standard InChI is InChI=1S/C25H22F3N3O2.2H2/c1-2-3-17(13-29)7-11-24(32)31-23-14-30-22-10-6-19(12-21(22)23)16-33-15-18-4-8-20(9-5-18)25(26,27)28;;/h3-6,8-10,12,14,17,30H,1,7,11,15-16H2,(H,31,32);2*1H/t17-;;/m1../s1. The molecule has 0 bridgehead atoms. The van der Waals surface area contributed by atoms with Crippen LogP contribution < -0.4 is 5.32 Å². The number of amides is 1. The Balaban J connectivity index is 0.00000306. The van der Waals surface area contributed by atoms with Crippen LogP contribution in [0.2, 0.25) is 0 Å². The van der Waals surface area contributed by atoms with Crippen molar-refractivity contribution in [3.05, 3.63) is 83.7 Å². The molecule has 0 aliphatic heterocycles. The van der Waals surface area contributed by atoms with Gasteiger partial charge < -0.3 is 15.0 Å². The van der Waals surface area contributed by atoms with Crippen LogP contribution in [0.5, 0.6) is 0 Å². The number of alkyl halides is 3. The Morgan fingerprint density at radius 1 is 1.21 bits per heavy atom. The van der Waals surface area contributed by atoms with Crippen LogP contribution in [0, 0.1) is 17.2 Å². The number of nitrogens with zero attached hydrogens (tertiary/aromatic N) is 1. The minimum atomic E-state index is -4.36. The van der Waals surface area contributed by atoms with E-state index >= 15 is 0 Å². The average Bonchev–Trinajstić information content (AvgIpc) is 3.18. The highest BCUT2D eigenvalue weighted by molar-refractivity contribution is 6.01. The first-order chi connectivity index (χ1) is 15.8. The van der Waals surface area contributed by atoms with Gasteiger partial charge in [-0.25, -0.2) is 0 Å². The molecule has 0 unspecified atom stereocenters. The highest BCUT2D eigenvalue weighted by atomic mass is 19.4. The van der Waals surface area contributed by atoms with E-state index in [0.717, 1.165) is 28.6 Å². The Bertz CT molecular complexity index is 1210. The van der Waals surface area contributed by atoms with Gasteiger partial charge in [0.15, 0.2) is 0 Å².